The van der Waals surface area contributed by atoms with Crippen LogP contribution in [0.25, 0.3) is 0 Å². The van der Waals surface area contributed by atoms with Crippen LogP contribution in [0.15, 0.2) is 24.3 Å². The Balaban J connectivity index is 2.06. The maximum absolute atomic E-state index is 12.5. The molecule has 0 aliphatic carbocycles. The first-order valence-corrected chi connectivity index (χ1v) is 9.25. The fraction of sp³-hybridized carbons (Fsp3) is 0.381. The summed E-state index contributed by atoms with van der Waals surface area (Å²) in [6.07, 6.45) is -0.0994. The fourth-order valence-electron chi connectivity index (χ4n) is 2.80. The summed E-state index contributed by atoms with van der Waals surface area (Å²) in [4.78, 5) is 39.7. The average Bonchev–Trinajstić information content (AvgIpc) is 2.96. The fourth-order valence-corrected chi connectivity index (χ4v) is 2.80. The van der Waals surface area contributed by atoms with E-state index in [1.54, 1.807) is 32.9 Å². The third kappa shape index (κ3) is 4.79. The van der Waals surface area contributed by atoms with Crippen molar-refractivity contribution in [2.24, 2.45) is 0 Å². The van der Waals surface area contributed by atoms with Gasteiger partial charge in [-0.15, -0.1) is 0 Å². The number of carbonyl (C=O) groups is 3. The highest BCUT2D eigenvalue weighted by Gasteiger charge is 2.26. The van der Waals surface area contributed by atoms with E-state index in [4.69, 9.17) is 9.47 Å². The molecule has 7 nitrogen and oxygen atoms in total. The normalized spacial score (nSPS) is 11.6. The van der Waals surface area contributed by atoms with Crippen LogP contribution in [0.4, 0.5) is 5.69 Å². The number of H-pyrrole nitrogens is 1. The Morgan fingerprint density at radius 3 is 2.29 bits per heavy atom. The zero-order chi connectivity index (χ0) is 20.8. The molecule has 0 bridgehead atoms. The highest BCUT2D eigenvalue weighted by Crippen LogP contribution is 2.20. The maximum atomic E-state index is 12.5. The van der Waals surface area contributed by atoms with Crippen molar-refractivity contribution in [3.05, 3.63) is 52.3 Å². The first-order chi connectivity index (χ1) is 13.3. The lowest BCUT2D eigenvalue weighted by molar-refractivity contribution is -0.123. The third-order valence-electron chi connectivity index (χ3n) is 4.40. The molecule has 150 valence electrons. The molecule has 2 N–H and O–H groups in total. The summed E-state index contributed by atoms with van der Waals surface area (Å²) in [7, 11) is 0. The molecule has 1 aromatic heterocycles. The van der Waals surface area contributed by atoms with E-state index in [1.807, 2.05) is 19.1 Å². The predicted molar refractivity (Wildman–Crippen MR) is 106 cm³/mol. The van der Waals surface area contributed by atoms with Crippen LogP contribution in [0.1, 0.15) is 58.4 Å². The third-order valence-corrected chi connectivity index (χ3v) is 4.40. The van der Waals surface area contributed by atoms with Crippen LogP contribution < -0.4 is 5.32 Å². The number of aromatic nitrogens is 1. The van der Waals surface area contributed by atoms with Crippen molar-refractivity contribution in [1.29, 1.82) is 0 Å². The van der Waals surface area contributed by atoms with Gasteiger partial charge in [-0.3, -0.25) is 4.79 Å². The van der Waals surface area contributed by atoms with Crippen molar-refractivity contribution in [2.75, 3.05) is 11.9 Å². The predicted octanol–water partition coefficient (Wildman–Crippen LogP) is 3.55. The van der Waals surface area contributed by atoms with E-state index in [1.165, 1.54) is 6.92 Å². The summed E-state index contributed by atoms with van der Waals surface area (Å²) in [6.45, 7) is 8.79. The molecule has 7 heteroatoms. The average molecular weight is 386 g/mol. The lowest BCUT2D eigenvalue weighted by Gasteiger charge is -2.13. The van der Waals surface area contributed by atoms with Gasteiger partial charge in [0, 0.05) is 11.4 Å². The van der Waals surface area contributed by atoms with E-state index in [-0.39, 0.29) is 12.3 Å². The number of nitrogens with one attached hydrogen (secondary N) is 2. The summed E-state index contributed by atoms with van der Waals surface area (Å²) in [6, 6.07) is 7.45. The minimum absolute atomic E-state index is 0.132. The van der Waals surface area contributed by atoms with Crippen LogP contribution in [0.5, 0.6) is 0 Å². The second-order valence-electron chi connectivity index (χ2n) is 6.43. The van der Waals surface area contributed by atoms with Gasteiger partial charge in [0.1, 0.15) is 5.69 Å². The number of hydrogen-bond donors (Lipinski definition) is 2. The van der Waals surface area contributed by atoms with E-state index in [2.05, 4.69) is 10.3 Å². The quantitative estimate of drug-likeness (QED) is 0.709. The number of esters is 2. The van der Waals surface area contributed by atoms with Crippen LogP contribution in [0.2, 0.25) is 0 Å². The van der Waals surface area contributed by atoms with Crippen LogP contribution >= 0.6 is 0 Å². The van der Waals surface area contributed by atoms with Crippen molar-refractivity contribution < 1.29 is 23.9 Å². The number of hydrogen-bond acceptors (Lipinski definition) is 5. The minimum Gasteiger partial charge on any atom is -0.462 e. The topological polar surface area (TPSA) is 97.5 Å². The number of rotatable bonds is 7. The Labute approximate surface area is 164 Å². The standard InChI is InChI=1S/C21H26N2O5/c1-6-15-8-10-16(11-9-15)23-19(24)14(5)28-21(26)18-12(3)17(13(4)22-18)20(25)27-7-2/h8-11,14,22H,6-7H2,1-5H3,(H,23,24)/t14-/m1/s1. The first-order valence-electron chi connectivity index (χ1n) is 9.25. The maximum Gasteiger partial charge on any atom is 0.355 e. The summed E-state index contributed by atoms with van der Waals surface area (Å²) >= 11 is 0. The Morgan fingerprint density at radius 1 is 1.07 bits per heavy atom. The number of aromatic amines is 1. The first kappa shape index (κ1) is 21.2. The summed E-state index contributed by atoms with van der Waals surface area (Å²) in [5.41, 5.74) is 3.17. The molecule has 1 atom stereocenters. The van der Waals surface area contributed by atoms with Gasteiger partial charge < -0.3 is 19.8 Å². The van der Waals surface area contributed by atoms with E-state index in [9.17, 15) is 14.4 Å². The molecular weight excluding hydrogens is 360 g/mol. The summed E-state index contributed by atoms with van der Waals surface area (Å²) in [5, 5.41) is 2.72. The molecule has 1 heterocycles. The lowest BCUT2D eigenvalue weighted by Crippen LogP contribution is -2.30. The van der Waals surface area contributed by atoms with Crippen LogP contribution in [-0.2, 0) is 20.7 Å². The van der Waals surface area contributed by atoms with E-state index >= 15 is 0 Å². The van der Waals surface area contributed by atoms with Crippen molar-refractivity contribution >= 4 is 23.5 Å². The van der Waals surface area contributed by atoms with Crippen LogP contribution in [0.3, 0.4) is 0 Å². The van der Waals surface area contributed by atoms with Gasteiger partial charge in [0.15, 0.2) is 6.10 Å². The van der Waals surface area contributed by atoms with E-state index in [0.717, 1.165) is 12.0 Å². The van der Waals surface area contributed by atoms with E-state index in [0.29, 0.717) is 22.5 Å². The number of carbonyl (C=O) groups excluding carboxylic acids is 3. The molecule has 2 rings (SSSR count). The molecule has 0 fully saturated rings. The van der Waals surface area contributed by atoms with Crippen LogP contribution in [0, 0.1) is 13.8 Å². The Bertz CT molecular complexity index is 868. The molecule has 1 aromatic carbocycles. The number of benzene rings is 1. The smallest absolute Gasteiger partial charge is 0.355 e. The summed E-state index contributed by atoms with van der Waals surface area (Å²) < 4.78 is 10.3. The number of ether oxygens (including phenoxy) is 2. The minimum atomic E-state index is -1.01. The zero-order valence-electron chi connectivity index (χ0n) is 16.8. The van der Waals surface area contributed by atoms with Gasteiger partial charge in [-0.2, -0.15) is 0 Å². The molecule has 0 unspecified atom stereocenters. The highest BCUT2D eigenvalue weighted by molar-refractivity contribution is 6.00. The number of aryl methyl sites for hydroxylation is 2. The molecule has 0 radical (unpaired) electrons. The monoisotopic (exact) mass is 386 g/mol. The molecule has 0 saturated carbocycles. The molecule has 0 aliphatic heterocycles. The molecule has 0 saturated heterocycles. The van der Waals surface area contributed by atoms with Gasteiger partial charge in [-0.05, 0) is 57.4 Å². The van der Waals surface area contributed by atoms with Crippen molar-refractivity contribution in [3.8, 4) is 0 Å². The SMILES string of the molecule is CCOC(=O)c1c(C)[nH]c(C(=O)O[C@H](C)C(=O)Nc2ccc(CC)cc2)c1C. The summed E-state index contributed by atoms with van der Waals surface area (Å²) in [5.74, 6) is -1.65. The second kappa shape index (κ2) is 9.21. The molecule has 2 aromatic rings. The highest BCUT2D eigenvalue weighted by atomic mass is 16.5. The largest absolute Gasteiger partial charge is 0.462 e. The number of amides is 1. The molecule has 1 amide bonds. The Hall–Kier alpha value is -3.09. The Kier molecular flexibility index (Phi) is 6.98. The van der Waals surface area contributed by atoms with Crippen LogP contribution in [-0.4, -0.2) is 35.5 Å². The number of anilines is 1. The van der Waals surface area contributed by atoms with Gasteiger partial charge in [-0.1, -0.05) is 19.1 Å². The van der Waals surface area contributed by atoms with Crippen molar-refractivity contribution in [3.63, 3.8) is 0 Å². The van der Waals surface area contributed by atoms with Crippen molar-refractivity contribution in [1.82, 2.24) is 4.98 Å². The lowest BCUT2D eigenvalue weighted by atomic mass is 10.1. The Morgan fingerprint density at radius 2 is 1.71 bits per heavy atom. The second-order valence-corrected chi connectivity index (χ2v) is 6.43. The zero-order valence-corrected chi connectivity index (χ0v) is 16.8. The van der Waals surface area contributed by atoms with Gasteiger partial charge in [0.05, 0.1) is 12.2 Å². The van der Waals surface area contributed by atoms with Crippen molar-refractivity contribution in [2.45, 2.75) is 47.1 Å². The van der Waals surface area contributed by atoms with Gasteiger partial charge in [0.2, 0.25) is 0 Å². The van der Waals surface area contributed by atoms with Gasteiger partial charge >= 0.3 is 11.9 Å². The molecule has 0 spiro atoms. The van der Waals surface area contributed by atoms with Gasteiger partial charge in [0.25, 0.3) is 5.91 Å². The molecule has 0 aliphatic rings. The van der Waals surface area contributed by atoms with E-state index < -0.39 is 23.9 Å². The molecule has 28 heavy (non-hydrogen) atoms. The van der Waals surface area contributed by atoms with Gasteiger partial charge in [-0.25, -0.2) is 9.59 Å². The molecular formula is C21H26N2O5.